The van der Waals surface area contributed by atoms with Gasteiger partial charge >= 0.3 is 0 Å². The van der Waals surface area contributed by atoms with E-state index in [2.05, 4.69) is 65.9 Å². The molecule has 1 aliphatic rings. The van der Waals surface area contributed by atoms with Crippen molar-refractivity contribution in [1.82, 2.24) is 19.8 Å². The quantitative estimate of drug-likeness (QED) is 0.849. The summed E-state index contributed by atoms with van der Waals surface area (Å²) in [5, 5.41) is 0. The second kappa shape index (κ2) is 6.77. The van der Waals surface area contributed by atoms with Gasteiger partial charge in [-0.05, 0) is 36.9 Å². The number of rotatable bonds is 5. The lowest BCUT2D eigenvalue weighted by molar-refractivity contribution is 0.314. The third kappa shape index (κ3) is 3.95. The third-order valence-corrected chi connectivity index (χ3v) is 4.28. The van der Waals surface area contributed by atoms with Crippen molar-refractivity contribution in [3.63, 3.8) is 0 Å². The molecule has 23 heavy (non-hydrogen) atoms. The summed E-state index contributed by atoms with van der Waals surface area (Å²) < 4.78 is 0. The highest BCUT2D eigenvalue weighted by atomic mass is 15.1. The Hall–Kier alpha value is -1.78. The van der Waals surface area contributed by atoms with E-state index >= 15 is 0 Å². The van der Waals surface area contributed by atoms with Gasteiger partial charge in [-0.3, -0.25) is 9.80 Å². The molecular formula is C19H26N4. The van der Waals surface area contributed by atoms with Gasteiger partial charge in [0.2, 0.25) is 0 Å². The highest BCUT2D eigenvalue weighted by molar-refractivity contribution is 5.34. The highest BCUT2D eigenvalue weighted by Gasteiger charge is 2.16. The zero-order valence-electron chi connectivity index (χ0n) is 14.6. The van der Waals surface area contributed by atoms with Crippen molar-refractivity contribution in [2.75, 3.05) is 14.1 Å². The van der Waals surface area contributed by atoms with Crippen LogP contribution in [0.25, 0.3) is 0 Å². The van der Waals surface area contributed by atoms with E-state index in [0.717, 1.165) is 37.7 Å². The molecule has 0 radical (unpaired) electrons. The maximum atomic E-state index is 4.66. The van der Waals surface area contributed by atoms with Crippen LogP contribution in [0.15, 0.2) is 30.5 Å². The molecule has 0 spiro atoms. The lowest BCUT2D eigenvalue weighted by Crippen LogP contribution is -2.18. The Morgan fingerprint density at radius 2 is 1.91 bits per heavy atom. The van der Waals surface area contributed by atoms with Crippen LogP contribution in [0.4, 0.5) is 0 Å². The summed E-state index contributed by atoms with van der Waals surface area (Å²) in [5.74, 6) is 1.30. The number of hydrogen-bond acceptors (Lipinski definition) is 4. The van der Waals surface area contributed by atoms with Gasteiger partial charge in [0, 0.05) is 38.3 Å². The molecular weight excluding hydrogens is 284 g/mol. The number of fused-ring (bicyclic) bond motifs is 1. The average Bonchev–Trinajstić information content (AvgIpc) is 2.86. The number of benzene rings is 1. The summed E-state index contributed by atoms with van der Waals surface area (Å²) >= 11 is 0. The van der Waals surface area contributed by atoms with Crippen LogP contribution in [0.3, 0.4) is 0 Å². The number of nitrogens with zero attached hydrogens (tertiary/aromatic N) is 4. The minimum Gasteiger partial charge on any atom is -0.298 e. The topological polar surface area (TPSA) is 32.3 Å². The van der Waals surface area contributed by atoms with Gasteiger partial charge in [-0.2, -0.15) is 0 Å². The Labute approximate surface area is 139 Å². The minimum atomic E-state index is 0.369. The van der Waals surface area contributed by atoms with Crippen molar-refractivity contribution in [1.29, 1.82) is 0 Å². The van der Waals surface area contributed by atoms with Crippen molar-refractivity contribution < 1.29 is 0 Å². The normalized spacial score (nSPS) is 14.7. The molecule has 0 saturated carbocycles. The fourth-order valence-electron chi connectivity index (χ4n) is 3.14. The first-order valence-electron chi connectivity index (χ1n) is 8.31. The lowest BCUT2D eigenvalue weighted by atomic mass is 10.1. The minimum absolute atomic E-state index is 0.369. The third-order valence-electron chi connectivity index (χ3n) is 4.28. The second-order valence-corrected chi connectivity index (χ2v) is 7.01. The predicted molar refractivity (Wildman–Crippen MR) is 92.9 cm³/mol. The Kier molecular flexibility index (Phi) is 4.74. The van der Waals surface area contributed by atoms with Crippen molar-refractivity contribution >= 4 is 0 Å². The van der Waals surface area contributed by atoms with E-state index in [4.69, 9.17) is 0 Å². The van der Waals surface area contributed by atoms with E-state index in [-0.39, 0.29) is 0 Å². The average molecular weight is 310 g/mol. The zero-order chi connectivity index (χ0) is 16.4. The first-order valence-corrected chi connectivity index (χ1v) is 8.31. The van der Waals surface area contributed by atoms with E-state index in [9.17, 15) is 0 Å². The van der Waals surface area contributed by atoms with Crippen LogP contribution in [0, 0.1) is 0 Å². The van der Waals surface area contributed by atoms with Gasteiger partial charge in [0.05, 0.1) is 5.69 Å². The molecule has 122 valence electrons. The van der Waals surface area contributed by atoms with Crippen LogP contribution < -0.4 is 0 Å². The molecule has 0 aliphatic carbocycles. The molecule has 0 amide bonds. The molecule has 4 nitrogen and oxygen atoms in total. The maximum absolute atomic E-state index is 4.66. The van der Waals surface area contributed by atoms with Gasteiger partial charge < -0.3 is 0 Å². The van der Waals surface area contributed by atoms with Gasteiger partial charge in [0.25, 0.3) is 0 Å². The summed E-state index contributed by atoms with van der Waals surface area (Å²) in [7, 11) is 4.32. The van der Waals surface area contributed by atoms with Crippen LogP contribution in [0.5, 0.6) is 0 Å². The monoisotopic (exact) mass is 310 g/mol. The number of aromatic nitrogens is 2. The SMILES string of the molecule is CC(C)c1nccc(CN(C)Cc2ccc3c(c2)CN(C)C3)n1. The van der Waals surface area contributed by atoms with E-state index < -0.39 is 0 Å². The second-order valence-electron chi connectivity index (χ2n) is 7.01. The molecule has 0 atom stereocenters. The molecule has 2 aromatic rings. The summed E-state index contributed by atoms with van der Waals surface area (Å²) in [5.41, 5.74) is 5.41. The molecule has 0 N–H and O–H groups in total. The van der Waals surface area contributed by atoms with Crippen LogP contribution in [-0.2, 0) is 26.2 Å². The lowest BCUT2D eigenvalue weighted by Gasteiger charge is -2.17. The summed E-state index contributed by atoms with van der Waals surface area (Å²) in [6, 6.07) is 8.91. The molecule has 2 heterocycles. The van der Waals surface area contributed by atoms with Crippen molar-refractivity contribution in [3.05, 3.63) is 58.7 Å². The smallest absolute Gasteiger partial charge is 0.131 e. The van der Waals surface area contributed by atoms with E-state index in [1.807, 2.05) is 12.3 Å². The highest BCUT2D eigenvalue weighted by Crippen LogP contribution is 2.23. The fraction of sp³-hybridized carbons (Fsp3) is 0.474. The van der Waals surface area contributed by atoms with Gasteiger partial charge in [-0.15, -0.1) is 0 Å². The van der Waals surface area contributed by atoms with Gasteiger partial charge in [0.15, 0.2) is 0 Å². The maximum Gasteiger partial charge on any atom is 0.131 e. The molecule has 1 aromatic heterocycles. The molecule has 0 bridgehead atoms. The Bertz CT molecular complexity index is 681. The molecule has 0 saturated heterocycles. The van der Waals surface area contributed by atoms with Crippen molar-refractivity contribution in [2.45, 2.75) is 45.9 Å². The van der Waals surface area contributed by atoms with E-state index in [1.165, 1.54) is 16.7 Å². The van der Waals surface area contributed by atoms with Gasteiger partial charge in [-0.1, -0.05) is 32.0 Å². The molecule has 4 heteroatoms. The molecule has 1 aromatic carbocycles. The summed E-state index contributed by atoms with van der Waals surface area (Å²) in [6.45, 7) is 8.19. The largest absolute Gasteiger partial charge is 0.298 e. The Balaban J connectivity index is 1.65. The Morgan fingerprint density at radius 3 is 2.70 bits per heavy atom. The summed E-state index contributed by atoms with van der Waals surface area (Å²) in [6.07, 6.45) is 1.87. The van der Waals surface area contributed by atoms with Crippen LogP contribution in [0.1, 0.15) is 48.0 Å². The fourth-order valence-corrected chi connectivity index (χ4v) is 3.14. The number of hydrogen-bond donors (Lipinski definition) is 0. The molecule has 0 fully saturated rings. The molecule has 3 rings (SSSR count). The van der Waals surface area contributed by atoms with Crippen LogP contribution in [0.2, 0.25) is 0 Å². The van der Waals surface area contributed by atoms with E-state index in [0.29, 0.717) is 5.92 Å². The van der Waals surface area contributed by atoms with Crippen LogP contribution >= 0.6 is 0 Å². The first-order chi connectivity index (χ1) is 11.0. The van der Waals surface area contributed by atoms with Crippen molar-refractivity contribution in [3.8, 4) is 0 Å². The first kappa shape index (κ1) is 16.1. The van der Waals surface area contributed by atoms with Crippen molar-refractivity contribution in [2.24, 2.45) is 0 Å². The van der Waals surface area contributed by atoms with E-state index in [1.54, 1.807) is 0 Å². The van der Waals surface area contributed by atoms with Crippen LogP contribution in [-0.4, -0.2) is 33.9 Å². The predicted octanol–water partition coefficient (Wildman–Crippen LogP) is 3.18. The van der Waals surface area contributed by atoms with Gasteiger partial charge in [-0.25, -0.2) is 9.97 Å². The summed E-state index contributed by atoms with van der Waals surface area (Å²) in [4.78, 5) is 13.7. The standard InChI is InChI=1S/C19H26N4/c1-14(2)19-20-8-7-18(21-19)13-22(3)10-15-5-6-16-11-23(4)12-17(16)9-15/h5-9,14H,10-13H2,1-4H3. The molecule has 0 unspecified atom stereocenters. The Morgan fingerprint density at radius 1 is 1.13 bits per heavy atom. The zero-order valence-corrected chi connectivity index (χ0v) is 14.6. The molecule has 1 aliphatic heterocycles. The van der Waals surface area contributed by atoms with Gasteiger partial charge in [0.1, 0.15) is 5.82 Å².